The highest BCUT2D eigenvalue weighted by molar-refractivity contribution is 14.1. The first-order chi connectivity index (χ1) is 9.46. The van der Waals surface area contributed by atoms with Crippen LogP contribution >= 0.6 is 22.6 Å². The molecular weight excluding hydrogens is 470 g/mol. The van der Waals surface area contributed by atoms with Crippen molar-refractivity contribution in [3.8, 4) is 0 Å². The molecule has 0 saturated carbocycles. The van der Waals surface area contributed by atoms with E-state index < -0.39 is 46.6 Å². The molecule has 134 valence electrons. The zero-order chi connectivity index (χ0) is 18.3. The van der Waals surface area contributed by atoms with E-state index in [2.05, 4.69) is 0 Å². The van der Waals surface area contributed by atoms with Crippen LogP contribution in [-0.2, 0) is 0 Å². The van der Waals surface area contributed by atoms with Crippen LogP contribution in [0, 0.1) is 0 Å². The molecule has 0 nitrogen and oxygen atoms in total. The van der Waals surface area contributed by atoms with Gasteiger partial charge in [0.1, 0.15) is 0 Å². The SMILES string of the molecule is FC(F)C(F)C(F)C(F)(F)C(F)(F)C(F)(F)C(F)(F)C(F)I. The monoisotopic (exact) mass is 474 g/mol. The fraction of sp³-hybridized carbons (Fsp3) is 1.00. The van der Waals surface area contributed by atoms with Gasteiger partial charge in [-0.05, 0) is 22.6 Å². The molecule has 0 fully saturated rings. The number of rotatable bonds is 7. The Morgan fingerprint density at radius 2 is 0.909 bits per heavy atom. The van der Waals surface area contributed by atoms with Gasteiger partial charge < -0.3 is 0 Å². The largest absolute Gasteiger partial charge is 0.382 e. The van der Waals surface area contributed by atoms with Gasteiger partial charge in [-0.1, -0.05) is 0 Å². The number of alkyl halides is 14. The molecule has 3 atom stereocenters. The van der Waals surface area contributed by atoms with Crippen LogP contribution in [0.3, 0.4) is 0 Å². The van der Waals surface area contributed by atoms with Crippen LogP contribution in [0.1, 0.15) is 0 Å². The van der Waals surface area contributed by atoms with Gasteiger partial charge in [0.25, 0.3) is 6.43 Å². The Morgan fingerprint density at radius 1 is 0.591 bits per heavy atom. The Balaban J connectivity index is 5.89. The molecule has 0 spiro atoms. The first kappa shape index (κ1) is 21.8. The number of hydrogen-bond acceptors (Lipinski definition) is 0. The summed E-state index contributed by atoms with van der Waals surface area (Å²) >= 11 is -0.143. The van der Waals surface area contributed by atoms with Gasteiger partial charge in [-0.15, -0.1) is 0 Å². The van der Waals surface area contributed by atoms with Crippen molar-refractivity contribution >= 4 is 22.6 Å². The summed E-state index contributed by atoms with van der Waals surface area (Å²) < 4.78 is 159. The molecule has 0 aromatic carbocycles. The predicted molar refractivity (Wildman–Crippen MR) is 54.5 cm³/mol. The summed E-state index contributed by atoms with van der Waals surface area (Å²) in [5.74, 6) is -28.0. The third-order valence-corrected chi connectivity index (χ3v) is 3.15. The highest BCUT2D eigenvalue weighted by atomic mass is 127. The van der Waals surface area contributed by atoms with Crippen LogP contribution < -0.4 is 0 Å². The van der Waals surface area contributed by atoms with Gasteiger partial charge in [0.2, 0.25) is 10.4 Å². The van der Waals surface area contributed by atoms with E-state index >= 15 is 0 Å². The molecular formula is C8H4F13I. The van der Waals surface area contributed by atoms with Crippen molar-refractivity contribution in [1.82, 2.24) is 0 Å². The highest BCUT2D eigenvalue weighted by Crippen LogP contribution is 2.56. The van der Waals surface area contributed by atoms with E-state index in [1.165, 1.54) is 0 Å². The fourth-order valence-electron chi connectivity index (χ4n) is 1.06. The third kappa shape index (κ3) is 3.20. The standard InChI is InChI=1S/C8H4F13I/c9-1(3(11)12)2(10)5(14,15)7(18,19)8(20,21)6(16,17)4(13)22/h1-4H. The second kappa shape index (κ2) is 6.37. The van der Waals surface area contributed by atoms with Gasteiger partial charge in [0.05, 0.1) is 0 Å². The van der Waals surface area contributed by atoms with E-state index in [4.69, 9.17) is 0 Å². The smallest absolute Gasteiger partial charge is 0.238 e. The van der Waals surface area contributed by atoms with Crippen LogP contribution in [0.15, 0.2) is 0 Å². The first-order valence-electron chi connectivity index (χ1n) is 4.82. The van der Waals surface area contributed by atoms with E-state index in [0.717, 1.165) is 0 Å². The van der Waals surface area contributed by atoms with Crippen molar-refractivity contribution in [2.45, 2.75) is 46.6 Å². The minimum absolute atomic E-state index is 0.143. The van der Waals surface area contributed by atoms with E-state index in [9.17, 15) is 57.1 Å². The zero-order valence-corrected chi connectivity index (χ0v) is 11.8. The normalized spacial score (nSPS) is 19.2. The molecule has 0 aromatic heterocycles. The minimum atomic E-state index is -7.36. The van der Waals surface area contributed by atoms with Crippen LogP contribution in [0.2, 0.25) is 0 Å². The molecule has 0 saturated heterocycles. The molecule has 0 bridgehead atoms. The first-order valence-corrected chi connectivity index (χ1v) is 6.06. The summed E-state index contributed by atoms with van der Waals surface area (Å²) in [4.78, 5) is 0. The van der Waals surface area contributed by atoms with Crippen LogP contribution in [0.25, 0.3) is 0 Å². The molecule has 14 heteroatoms. The molecule has 0 N–H and O–H groups in total. The summed E-state index contributed by atoms with van der Waals surface area (Å²) in [5, 5.41) is 0. The lowest BCUT2D eigenvalue weighted by molar-refractivity contribution is -0.381. The zero-order valence-electron chi connectivity index (χ0n) is 9.60. The van der Waals surface area contributed by atoms with Crippen molar-refractivity contribution in [2.75, 3.05) is 0 Å². The molecule has 0 heterocycles. The predicted octanol–water partition coefficient (Wildman–Crippen LogP) is 5.20. The summed E-state index contributed by atoms with van der Waals surface area (Å²) in [6, 6.07) is 0. The van der Waals surface area contributed by atoms with Gasteiger partial charge in [0, 0.05) is 0 Å². The Kier molecular flexibility index (Phi) is 6.32. The summed E-state index contributed by atoms with van der Waals surface area (Å²) in [7, 11) is 0. The maximum Gasteiger partial charge on any atom is 0.382 e. The van der Waals surface area contributed by atoms with Crippen LogP contribution in [0.5, 0.6) is 0 Å². The summed E-state index contributed by atoms with van der Waals surface area (Å²) in [6.07, 6.45) is -14.5. The van der Waals surface area contributed by atoms with Gasteiger partial charge in [-0.25, -0.2) is 22.0 Å². The molecule has 0 aliphatic rings. The fourth-order valence-corrected chi connectivity index (χ4v) is 1.45. The number of halogens is 14. The van der Waals surface area contributed by atoms with E-state index in [0.29, 0.717) is 0 Å². The van der Waals surface area contributed by atoms with Crippen molar-refractivity contribution in [3.05, 3.63) is 0 Å². The van der Waals surface area contributed by atoms with Gasteiger partial charge in [0.15, 0.2) is 6.17 Å². The van der Waals surface area contributed by atoms with E-state index in [1.807, 2.05) is 0 Å². The second-order valence-corrected chi connectivity index (χ2v) is 4.97. The maximum absolute atomic E-state index is 12.9. The Hall–Kier alpha value is -0.180. The van der Waals surface area contributed by atoms with Gasteiger partial charge >= 0.3 is 23.7 Å². The average Bonchev–Trinajstić information content (AvgIpc) is 2.35. The molecule has 22 heavy (non-hydrogen) atoms. The lowest BCUT2D eigenvalue weighted by Gasteiger charge is -2.38. The molecule has 3 unspecified atom stereocenters. The van der Waals surface area contributed by atoms with Crippen LogP contribution in [0.4, 0.5) is 57.1 Å². The van der Waals surface area contributed by atoms with Crippen molar-refractivity contribution < 1.29 is 57.1 Å². The quantitative estimate of drug-likeness (QED) is 0.271. The maximum atomic E-state index is 12.9. The summed E-state index contributed by atoms with van der Waals surface area (Å²) in [6.45, 7) is 0. The van der Waals surface area contributed by atoms with Crippen molar-refractivity contribution in [2.24, 2.45) is 0 Å². The average molecular weight is 474 g/mol. The van der Waals surface area contributed by atoms with Crippen molar-refractivity contribution in [1.29, 1.82) is 0 Å². The Morgan fingerprint density at radius 3 is 1.18 bits per heavy atom. The van der Waals surface area contributed by atoms with Crippen molar-refractivity contribution in [3.63, 3.8) is 0 Å². The lowest BCUT2D eigenvalue weighted by Crippen LogP contribution is -2.67. The molecule has 0 amide bonds. The van der Waals surface area contributed by atoms with E-state index in [1.54, 1.807) is 0 Å². The second-order valence-electron chi connectivity index (χ2n) is 3.88. The third-order valence-electron chi connectivity index (χ3n) is 2.37. The number of hydrogen-bond donors (Lipinski definition) is 0. The van der Waals surface area contributed by atoms with Gasteiger partial charge in [-0.2, -0.15) is 35.1 Å². The van der Waals surface area contributed by atoms with Crippen LogP contribution in [-0.4, -0.2) is 46.6 Å². The molecule has 0 aromatic rings. The van der Waals surface area contributed by atoms with Gasteiger partial charge in [-0.3, -0.25) is 0 Å². The molecule has 0 rings (SSSR count). The highest BCUT2D eigenvalue weighted by Gasteiger charge is 2.84. The lowest BCUT2D eigenvalue weighted by atomic mass is 9.94. The minimum Gasteiger partial charge on any atom is -0.238 e. The summed E-state index contributed by atoms with van der Waals surface area (Å²) in [5.41, 5.74) is 0. The molecule has 0 aliphatic heterocycles. The Bertz CT molecular complexity index is 378. The topological polar surface area (TPSA) is 0 Å². The van der Waals surface area contributed by atoms with E-state index in [-0.39, 0.29) is 22.6 Å². The molecule has 0 aliphatic carbocycles. The molecule has 0 radical (unpaired) electrons. The Labute approximate surface area is 127 Å².